The summed E-state index contributed by atoms with van der Waals surface area (Å²) in [5, 5.41) is 10.6. The van der Waals surface area contributed by atoms with E-state index in [1.165, 1.54) is 11.3 Å². The van der Waals surface area contributed by atoms with Crippen molar-refractivity contribution >= 4 is 21.6 Å². The molecule has 0 aliphatic carbocycles. The van der Waals surface area contributed by atoms with E-state index >= 15 is 0 Å². The van der Waals surface area contributed by atoms with Gasteiger partial charge in [-0.05, 0) is 18.5 Å². The van der Waals surface area contributed by atoms with Crippen LogP contribution in [0.4, 0.5) is 0 Å². The van der Waals surface area contributed by atoms with Crippen molar-refractivity contribution in [2.45, 2.75) is 6.54 Å². The van der Waals surface area contributed by atoms with Gasteiger partial charge >= 0.3 is 0 Å². The van der Waals surface area contributed by atoms with E-state index in [0.717, 1.165) is 5.52 Å². The smallest absolute Gasteiger partial charge is 0.268 e. The largest absolute Gasteiger partial charge is 0.395 e. The fourth-order valence-electron chi connectivity index (χ4n) is 1.50. The number of hydrogen-bond donors (Lipinski definition) is 2. The van der Waals surface area contributed by atoms with E-state index in [1.807, 2.05) is 23.4 Å². The lowest BCUT2D eigenvalue weighted by atomic mass is 10.4. The maximum Gasteiger partial charge on any atom is 0.268 e. The summed E-state index contributed by atoms with van der Waals surface area (Å²) >= 11 is 1.39. The van der Waals surface area contributed by atoms with Crippen molar-refractivity contribution in [2.24, 2.45) is 0 Å². The highest BCUT2D eigenvalue weighted by atomic mass is 32.1. The van der Waals surface area contributed by atoms with Gasteiger partial charge in [-0.3, -0.25) is 9.69 Å². The van der Waals surface area contributed by atoms with Gasteiger partial charge in [-0.15, -0.1) is 11.3 Å². The Morgan fingerprint density at radius 2 is 2.44 bits per heavy atom. The molecule has 0 aromatic carbocycles. The van der Waals surface area contributed by atoms with Crippen LogP contribution >= 0.6 is 11.3 Å². The summed E-state index contributed by atoms with van der Waals surface area (Å²) in [5.74, 6) is 0.631. The summed E-state index contributed by atoms with van der Waals surface area (Å²) in [7, 11) is 1.87. The third-order valence-electron chi connectivity index (χ3n) is 2.27. The lowest BCUT2D eigenvalue weighted by Crippen LogP contribution is -2.24. The minimum Gasteiger partial charge on any atom is -0.395 e. The van der Waals surface area contributed by atoms with Crippen molar-refractivity contribution in [3.8, 4) is 0 Å². The molecule has 16 heavy (non-hydrogen) atoms. The van der Waals surface area contributed by atoms with Crippen LogP contribution in [0.3, 0.4) is 0 Å². The Morgan fingerprint density at radius 3 is 3.19 bits per heavy atom. The minimum atomic E-state index is -0.0904. The highest BCUT2D eigenvalue weighted by Crippen LogP contribution is 2.13. The fraction of sp³-hybridized carbons (Fsp3) is 0.400. The van der Waals surface area contributed by atoms with Gasteiger partial charge < -0.3 is 10.1 Å². The van der Waals surface area contributed by atoms with Gasteiger partial charge in [-0.25, -0.2) is 4.98 Å². The van der Waals surface area contributed by atoms with E-state index in [9.17, 15) is 4.79 Å². The first kappa shape index (κ1) is 11.3. The number of H-pyrrole nitrogens is 1. The summed E-state index contributed by atoms with van der Waals surface area (Å²) in [6.07, 6.45) is 0. The summed E-state index contributed by atoms with van der Waals surface area (Å²) < 4.78 is 0.661. The van der Waals surface area contributed by atoms with E-state index in [4.69, 9.17) is 5.11 Å². The van der Waals surface area contributed by atoms with Gasteiger partial charge in [0.1, 0.15) is 10.5 Å². The second-order valence-corrected chi connectivity index (χ2v) is 4.53. The highest BCUT2D eigenvalue weighted by Gasteiger charge is 2.06. The molecule has 0 saturated heterocycles. The zero-order valence-corrected chi connectivity index (χ0v) is 9.75. The van der Waals surface area contributed by atoms with Crippen LogP contribution in [0.5, 0.6) is 0 Å². The van der Waals surface area contributed by atoms with Gasteiger partial charge in [0.15, 0.2) is 0 Å². The Labute approximate surface area is 96.4 Å². The van der Waals surface area contributed by atoms with Crippen molar-refractivity contribution < 1.29 is 5.11 Å². The molecule has 0 amide bonds. The average Bonchev–Trinajstić information content (AvgIpc) is 2.66. The molecule has 0 aliphatic rings. The Balaban J connectivity index is 2.28. The normalized spacial score (nSPS) is 11.4. The highest BCUT2D eigenvalue weighted by molar-refractivity contribution is 7.17. The number of nitrogens with zero attached hydrogens (tertiary/aromatic N) is 2. The number of aliphatic hydroxyl groups is 1. The predicted octanol–water partition coefficient (Wildman–Crippen LogP) is 0.409. The molecule has 0 atom stereocenters. The molecule has 6 heteroatoms. The summed E-state index contributed by atoms with van der Waals surface area (Å²) in [5.41, 5.74) is 0.647. The first-order valence-corrected chi connectivity index (χ1v) is 5.84. The second kappa shape index (κ2) is 4.73. The molecule has 2 heterocycles. The number of aromatic nitrogens is 2. The Bertz CT molecular complexity index is 534. The van der Waals surface area contributed by atoms with E-state index in [1.54, 1.807) is 0 Å². The summed E-state index contributed by atoms with van der Waals surface area (Å²) in [6, 6.07) is 1.84. The van der Waals surface area contributed by atoms with Crippen LogP contribution in [0.2, 0.25) is 0 Å². The van der Waals surface area contributed by atoms with Crippen molar-refractivity contribution in [3.63, 3.8) is 0 Å². The molecule has 5 nitrogen and oxygen atoms in total. The number of rotatable bonds is 4. The summed E-state index contributed by atoms with van der Waals surface area (Å²) in [6.45, 7) is 1.19. The third kappa shape index (κ3) is 2.29. The molecule has 0 radical (unpaired) electrons. The number of hydrogen-bond acceptors (Lipinski definition) is 5. The van der Waals surface area contributed by atoms with E-state index in [0.29, 0.717) is 23.6 Å². The Kier molecular flexibility index (Phi) is 3.33. The van der Waals surface area contributed by atoms with Crippen LogP contribution in [0.15, 0.2) is 16.2 Å². The van der Waals surface area contributed by atoms with Crippen molar-refractivity contribution in [2.75, 3.05) is 20.2 Å². The topological polar surface area (TPSA) is 69.2 Å². The number of nitrogens with one attached hydrogen (secondary N) is 1. The van der Waals surface area contributed by atoms with Gasteiger partial charge in [0.25, 0.3) is 5.56 Å². The maximum atomic E-state index is 11.6. The monoisotopic (exact) mass is 239 g/mol. The van der Waals surface area contributed by atoms with Crippen LogP contribution in [0.25, 0.3) is 10.2 Å². The first-order chi connectivity index (χ1) is 7.70. The molecule has 0 bridgehead atoms. The zero-order valence-electron chi connectivity index (χ0n) is 8.93. The number of likely N-dealkylation sites (N-methyl/N-ethyl adjacent to an activating group) is 1. The minimum absolute atomic E-state index is 0.0904. The molecule has 2 rings (SSSR count). The van der Waals surface area contributed by atoms with Crippen LogP contribution in [-0.2, 0) is 6.54 Å². The van der Waals surface area contributed by atoms with Crippen molar-refractivity contribution in [3.05, 3.63) is 27.6 Å². The third-order valence-corrected chi connectivity index (χ3v) is 3.17. The molecule has 2 aromatic rings. The molecule has 0 aliphatic heterocycles. The SMILES string of the molecule is CN(CCO)Cc1nc2ccsc2c(=O)[nH]1. The maximum absolute atomic E-state index is 11.6. The number of aliphatic hydroxyl groups excluding tert-OH is 1. The quantitative estimate of drug-likeness (QED) is 0.810. The van der Waals surface area contributed by atoms with Crippen molar-refractivity contribution in [1.82, 2.24) is 14.9 Å². The molecule has 0 fully saturated rings. The standard InChI is InChI=1S/C10H13N3O2S/c1-13(3-4-14)6-8-11-7-2-5-16-9(7)10(15)12-8/h2,5,14H,3-4,6H2,1H3,(H,11,12,15). The fourth-order valence-corrected chi connectivity index (χ4v) is 2.23. The Hall–Kier alpha value is -1.24. The molecule has 86 valence electrons. The van der Waals surface area contributed by atoms with E-state index in [-0.39, 0.29) is 12.2 Å². The lowest BCUT2D eigenvalue weighted by Gasteiger charge is -2.13. The molecule has 0 saturated carbocycles. The number of fused-ring (bicyclic) bond motifs is 1. The van der Waals surface area contributed by atoms with Crippen molar-refractivity contribution in [1.29, 1.82) is 0 Å². The van der Waals surface area contributed by atoms with Gasteiger partial charge in [0, 0.05) is 6.54 Å². The second-order valence-electron chi connectivity index (χ2n) is 3.61. The van der Waals surface area contributed by atoms with Crippen LogP contribution in [0, 0.1) is 0 Å². The van der Waals surface area contributed by atoms with Gasteiger partial charge in [-0.2, -0.15) is 0 Å². The van der Waals surface area contributed by atoms with Crippen LogP contribution < -0.4 is 5.56 Å². The molecule has 2 N–H and O–H groups in total. The van der Waals surface area contributed by atoms with Gasteiger partial charge in [0.05, 0.1) is 18.7 Å². The zero-order chi connectivity index (χ0) is 11.5. The summed E-state index contributed by atoms with van der Waals surface area (Å²) in [4.78, 5) is 20.6. The van der Waals surface area contributed by atoms with Gasteiger partial charge in [-0.1, -0.05) is 0 Å². The molecule has 0 unspecified atom stereocenters. The van der Waals surface area contributed by atoms with Gasteiger partial charge in [0.2, 0.25) is 0 Å². The van der Waals surface area contributed by atoms with E-state index in [2.05, 4.69) is 9.97 Å². The predicted molar refractivity (Wildman–Crippen MR) is 63.7 cm³/mol. The average molecular weight is 239 g/mol. The molecular weight excluding hydrogens is 226 g/mol. The van der Waals surface area contributed by atoms with E-state index < -0.39 is 0 Å². The number of aromatic amines is 1. The molecule has 0 spiro atoms. The molecule has 2 aromatic heterocycles. The lowest BCUT2D eigenvalue weighted by molar-refractivity contribution is 0.214. The molecular formula is C10H13N3O2S. The first-order valence-electron chi connectivity index (χ1n) is 4.96. The van der Waals surface area contributed by atoms with Crippen LogP contribution in [-0.4, -0.2) is 40.2 Å². The van der Waals surface area contributed by atoms with Crippen LogP contribution in [0.1, 0.15) is 5.82 Å². The number of thiophene rings is 1. The Morgan fingerprint density at radius 1 is 1.62 bits per heavy atom.